The van der Waals surface area contributed by atoms with Crippen LogP contribution in [-0.4, -0.2) is 58.2 Å². The molecule has 0 radical (unpaired) electrons. The largest absolute Gasteiger partial charge is 0.463 e. The molecule has 6 rings (SSSR count). The summed E-state index contributed by atoms with van der Waals surface area (Å²) >= 11 is 3.32. The van der Waals surface area contributed by atoms with Crippen LogP contribution in [0.5, 0.6) is 0 Å². The normalized spacial score (nSPS) is 13.9. The van der Waals surface area contributed by atoms with E-state index >= 15 is 0 Å². The van der Waals surface area contributed by atoms with Crippen molar-refractivity contribution < 1.29 is 13.9 Å². The van der Waals surface area contributed by atoms with Gasteiger partial charge >= 0.3 is 5.97 Å². The molecule has 0 bridgehead atoms. The van der Waals surface area contributed by atoms with Gasteiger partial charge in [0.15, 0.2) is 0 Å². The Labute approximate surface area is 263 Å². The highest BCUT2D eigenvalue weighted by molar-refractivity contribution is 7.99. The highest BCUT2D eigenvalue weighted by Gasteiger charge is 2.24. The molecule has 1 N–H and O–H groups in total. The first-order valence-corrected chi connectivity index (χ1v) is 16.3. The molecule has 44 heavy (non-hydrogen) atoms. The molecule has 0 unspecified atom stereocenters. The molecule has 3 aromatic carbocycles. The molecule has 222 valence electrons. The number of rotatable bonds is 7. The topological polar surface area (TPSA) is 79.7 Å². The molecule has 1 fully saturated rings. The number of aliphatic imine (C=N–C) groups is 1. The van der Waals surface area contributed by atoms with Gasteiger partial charge in [-0.15, -0.1) is 21.5 Å². The zero-order valence-electron chi connectivity index (χ0n) is 24.1. The van der Waals surface area contributed by atoms with Gasteiger partial charge in [-0.1, -0.05) is 60.7 Å². The molecule has 1 aliphatic heterocycles. The Morgan fingerprint density at radius 1 is 0.977 bits per heavy atom. The Bertz CT molecular complexity index is 1800. The molecule has 0 saturated carbocycles. The van der Waals surface area contributed by atoms with E-state index in [0.29, 0.717) is 16.5 Å². The van der Waals surface area contributed by atoms with Gasteiger partial charge in [0.2, 0.25) is 5.96 Å². The van der Waals surface area contributed by atoms with Crippen LogP contribution in [0.4, 0.5) is 15.8 Å². The minimum absolute atomic E-state index is 0.281. The Morgan fingerprint density at radius 3 is 2.34 bits per heavy atom. The number of esters is 1. The molecule has 1 saturated heterocycles. The van der Waals surface area contributed by atoms with Crippen LogP contribution in [0.2, 0.25) is 0 Å². The Morgan fingerprint density at radius 2 is 1.66 bits per heavy atom. The maximum atomic E-state index is 13.8. The third kappa shape index (κ3) is 6.66. The molecule has 0 spiro atoms. The van der Waals surface area contributed by atoms with Gasteiger partial charge in [0.25, 0.3) is 0 Å². The molecule has 5 aromatic rings. The van der Waals surface area contributed by atoms with E-state index in [0.717, 1.165) is 62.9 Å². The molecular formula is C34H30FN5O2S2. The number of thiophene rings is 1. The third-order valence-electron chi connectivity index (χ3n) is 7.01. The lowest BCUT2D eigenvalue weighted by Gasteiger charge is -2.30. The number of hydrogen-bond acceptors (Lipinski definition) is 7. The lowest BCUT2D eigenvalue weighted by atomic mass is 9.96. The van der Waals surface area contributed by atoms with E-state index in [-0.39, 0.29) is 12.4 Å². The zero-order chi connectivity index (χ0) is 30.3. The summed E-state index contributed by atoms with van der Waals surface area (Å²) in [6.07, 6.45) is 3.16. The average Bonchev–Trinajstić information content (AvgIpc) is 3.42. The van der Waals surface area contributed by atoms with Crippen molar-refractivity contribution in [1.29, 1.82) is 0 Å². The lowest BCUT2D eigenvalue weighted by molar-refractivity contribution is -0.137. The number of fused-ring (bicyclic) bond motifs is 1. The number of benzene rings is 3. The SMILES string of the molecule is CCOC(=O)/C=C/c1sc2nnc(-c3ccccc3)c(-c3ccccc3)c2c1N=C(Nc1ccc(F)cc1)N1CCSCC1. The standard InChI is InChI=1S/C34H30FN5O2S2/c1-2-42-28(41)18-17-27-32(37-34(40-19-21-43-22-20-40)36-26-15-13-25(35)14-16-26)30-29(23-9-5-3-6-10-23)31(38-39-33(30)44-27)24-11-7-4-8-12-24/h3-18H,2,19-22H2,1H3,(H,36,37)/b18-17+. The summed E-state index contributed by atoms with van der Waals surface area (Å²) in [5, 5.41) is 13.7. The highest BCUT2D eigenvalue weighted by Crippen LogP contribution is 2.46. The summed E-state index contributed by atoms with van der Waals surface area (Å²) in [6, 6.07) is 26.3. The van der Waals surface area contributed by atoms with Crippen molar-refractivity contribution in [3.8, 4) is 22.4 Å². The first-order chi connectivity index (χ1) is 21.6. The lowest BCUT2D eigenvalue weighted by Crippen LogP contribution is -2.41. The molecule has 0 atom stereocenters. The highest BCUT2D eigenvalue weighted by atomic mass is 32.2. The van der Waals surface area contributed by atoms with Crippen LogP contribution in [0.1, 0.15) is 11.8 Å². The minimum Gasteiger partial charge on any atom is -0.463 e. The van der Waals surface area contributed by atoms with E-state index in [2.05, 4.69) is 27.4 Å². The van der Waals surface area contributed by atoms with E-state index in [1.54, 1.807) is 25.1 Å². The fourth-order valence-electron chi connectivity index (χ4n) is 4.95. The molecule has 0 aliphatic carbocycles. The van der Waals surface area contributed by atoms with Crippen LogP contribution >= 0.6 is 23.1 Å². The molecule has 2 aromatic heterocycles. The van der Waals surface area contributed by atoms with Gasteiger partial charge in [0.1, 0.15) is 16.3 Å². The number of nitrogens with one attached hydrogen (secondary N) is 1. The van der Waals surface area contributed by atoms with Crippen LogP contribution in [0.15, 0.2) is 96.0 Å². The molecule has 7 nitrogen and oxygen atoms in total. The van der Waals surface area contributed by atoms with Crippen molar-refractivity contribution in [3.63, 3.8) is 0 Å². The van der Waals surface area contributed by atoms with Crippen LogP contribution < -0.4 is 5.32 Å². The van der Waals surface area contributed by atoms with Crippen LogP contribution in [0.3, 0.4) is 0 Å². The number of carbonyl (C=O) groups excluding carboxylic acids is 1. The van der Waals surface area contributed by atoms with Crippen molar-refractivity contribution in [3.05, 3.63) is 102 Å². The molecular weight excluding hydrogens is 594 g/mol. The summed E-state index contributed by atoms with van der Waals surface area (Å²) < 4.78 is 18.9. The maximum absolute atomic E-state index is 13.8. The summed E-state index contributed by atoms with van der Waals surface area (Å²) in [4.78, 5) is 21.3. The minimum atomic E-state index is -0.433. The summed E-state index contributed by atoms with van der Waals surface area (Å²) in [5.41, 5.74) is 4.94. The molecule has 3 heterocycles. The average molecular weight is 624 g/mol. The number of carbonyl (C=O) groups is 1. The molecule has 10 heteroatoms. The Hall–Kier alpha value is -4.54. The monoisotopic (exact) mass is 623 g/mol. The van der Waals surface area contributed by atoms with Gasteiger partial charge in [-0.25, -0.2) is 14.2 Å². The quantitative estimate of drug-likeness (QED) is 0.0855. The molecule has 0 amide bonds. The van der Waals surface area contributed by atoms with Crippen molar-refractivity contribution in [1.82, 2.24) is 15.1 Å². The van der Waals surface area contributed by atoms with Crippen molar-refractivity contribution in [2.45, 2.75) is 6.92 Å². The van der Waals surface area contributed by atoms with E-state index < -0.39 is 5.97 Å². The van der Waals surface area contributed by atoms with E-state index in [1.807, 2.05) is 60.3 Å². The Balaban J connectivity index is 1.62. The number of ether oxygens (including phenoxy) is 1. The number of guanidine groups is 1. The number of anilines is 1. The third-order valence-corrected chi connectivity index (χ3v) is 8.99. The van der Waals surface area contributed by atoms with Crippen molar-refractivity contribution >= 4 is 62.7 Å². The van der Waals surface area contributed by atoms with Gasteiger partial charge in [-0.2, -0.15) is 11.8 Å². The Kier molecular flexibility index (Phi) is 9.28. The van der Waals surface area contributed by atoms with Crippen LogP contribution in [0, 0.1) is 5.82 Å². The van der Waals surface area contributed by atoms with Gasteiger partial charge in [-0.3, -0.25) is 0 Å². The first kappa shape index (κ1) is 29.5. The predicted molar refractivity (Wildman–Crippen MR) is 180 cm³/mol. The summed E-state index contributed by atoms with van der Waals surface area (Å²) in [6.45, 7) is 3.66. The van der Waals surface area contributed by atoms with Crippen molar-refractivity contribution in [2.24, 2.45) is 4.99 Å². The fraction of sp³-hybridized carbons (Fsp3) is 0.176. The number of nitrogens with zero attached hydrogens (tertiary/aromatic N) is 4. The number of hydrogen-bond donors (Lipinski definition) is 1. The molecule has 1 aliphatic rings. The fourth-order valence-corrected chi connectivity index (χ4v) is 6.83. The van der Waals surface area contributed by atoms with E-state index in [9.17, 15) is 9.18 Å². The number of halogens is 1. The van der Waals surface area contributed by atoms with Crippen LogP contribution in [-0.2, 0) is 9.53 Å². The van der Waals surface area contributed by atoms with Gasteiger partial charge in [-0.05, 0) is 42.8 Å². The van der Waals surface area contributed by atoms with Gasteiger partial charge < -0.3 is 15.0 Å². The smallest absolute Gasteiger partial charge is 0.330 e. The predicted octanol–water partition coefficient (Wildman–Crippen LogP) is 7.89. The second kappa shape index (κ2) is 13.8. The zero-order valence-corrected chi connectivity index (χ0v) is 25.7. The maximum Gasteiger partial charge on any atom is 0.330 e. The van der Waals surface area contributed by atoms with Crippen molar-refractivity contribution in [2.75, 3.05) is 36.5 Å². The van der Waals surface area contributed by atoms with Gasteiger partial charge in [0, 0.05) is 52.9 Å². The van der Waals surface area contributed by atoms with E-state index in [4.69, 9.17) is 14.8 Å². The van der Waals surface area contributed by atoms with Crippen LogP contribution in [0.25, 0.3) is 38.7 Å². The van der Waals surface area contributed by atoms with Gasteiger partial charge in [0.05, 0.1) is 17.2 Å². The second-order valence-electron chi connectivity index (χ2n) is 9.90. The number of aromatic nitrogens is 2. The number of thioether (sulfide) groups is 1. The van der Waals surface area contributed by atoms with E-state index in [1.165, 1.54) is 29.5 Å². The summed E-state index contributed by atoms with van der Waals surface area (Å²) in [7, 11) is 0. The second-order valence-corrected chi connectivity index (χ2v) is 12.2. The first-order valence-electron chi connectivity index (χ1n) is 14.3. The summed E-state index contributed by atoms with van der Waals surface area (Å²) in [5.74, 6) is 1.82.